The lowest BCUT2D eigenvalue weighted by atomic mass is 10.1. The zero-order chi connectivity index (χ0) is 24.9. The average Bonchev–Trinajstić information content (AvgIpc) is 2.93. The molecule has 5 rings (SSSR count). The van der Waals surface area contributed by atoms with Gasteiger partial charge in [-0.15, -0.1) is 0 Å². The van der Waals surface area contributed by atoms with Crippen LogP contribution in [0.1, 0.15) is 11.3 Å². The van der Waals surface area contributed by atoms with E-state index in [0.29, 0.717) is 0 Å². The summed E-state index contributed by atoms with van der Waals surface area (Å²) in [5, 5.41) is 1.07. The first-order valence-electron chi connectivity index (χ1n) is 11.8. The topological polar surface area (TPSA) is 38.5 Å². The Morgan fingerprint density at radius 2 is 1.25 bits per heavy atom. The molecule has 0 radical (unpaired) electrons. The highest BCUT2D eigenvalue weighted by Gasteiger charge is 2.14. The highest BCUT2D eigenvalue weighted by atomic mass is 16.5. The van der Waals surface area contributed by atoms with Crippen molar-refractivity contribution in [2.75, 3.05) is 19.1 Å². The Kier molecular flexibility index (Phi) is 6.63. The summed E-state index contributed by atoms with van der Waals surface area (Å²) in [7, 11) is 5.36. The molecule has 0 saturated carbocycles. The Labute approximate surface area is 211 Å². The van der Waals surface area contributed by atoms with Crippen molar-refractivity contribution in [1.82, 2.24) is 4.98 Å². The maximum atomic E-state index is 5.36. The first-order chi connectivity index (χ1) is 17.6. The molecule has 5 aromatic rings. The Balaban J connectivity index is 1.50. The molecule has 0 unspecified atom stereocenters. The average molecular weight is 475 g/mol. The highest BCUT2D eigenvalue weighted by molar-refractivity contribution is 5.88. The van der Waals surface area contributed by atoms with Crippen LogP contribution in [-0.2, 0) is 7.05 Å². The van der Waals surface area contributed by atoms with Gasteiger partial charge in [0, 0.05) is 34.6 Å². The molecule has 0 N–H and O–H groups in total. The monoisotopic (exact) mass is 474 g/mol. The molecule has 178 valence electrons. The van der Waals surface area contributed by atoms with Gasteiger partial charge in [0.05, 0.1) is 25.4 Å². The van der Waals surface area contributed by atoms with Crippen LogP contribution in [0.5, 0.6) is 11.5 Å². The van der Waals surface area contributed by atoms with Crippen molar-refractivity contribution >= 4 is 40.1 Å². The quantitative estimate of drug-likeness (QED) is 0.246. The molecule has 0 spiro atoms. The number of fused-ring (bicyclic) bond motifs is 1. The molecule has 0 aliphatic rings. The minimum Gasteiger partial charge on any atom is -0.497 e. The summed E-state index contributed by atoms with van der Waals surface area (Å²) in [5.74, 6) is 1.64. The minimum absolute atomic E-state index is 0.820. The summed E-state index contributed by atoms with van der Waals surface area (Å²) < 4.78 is 12.7. The fourth-order valence-electron chi connectivity index (χ4n) is 4.08. The fraction of sp³-hybridized carbons (Fsp3) is 0.0968. The third-order valence-electron chi connectivity index (χ3n) is 6.06. The van der Waals surface area contributed by atoms with Gasteiger partial charge < -0.3 is 14.4 Å². The highest BCUT2D eigenvalue weighted by Crippen LogP contribution is 2.37. The van der Waals surface area contributed by atoms with Crippen LogP contribution in [0.4, 0.5) is 17.1 Å². The Hall–Kier alpha value is -4.64. The van der Waals surface area contributed by atoms with E-state index in [2.05, 4.69) is 77.7 Å². The number of aromatic nitrogens is 2. The smallest absolute Gasteiger partial charge is 0.169 e. The summed E-state index contributed by atoms with van der Waals surface area (Å²) in [6.07, 6.45) is 8.19. The molecular weight excluding hydrogens is 446 g/mol. The van der Waals surface area contributed by atoms with Crippen molar-refractivity contribution in [2.24, 2.45) is 7.05 Å². The number of pyridine rings is 2. The van der Waals surface area contributed by atoms with Gasteiger partial charge in [-0.1, -0.05) is 12.1 Å². The van der Waals surface area contributed by atoms with Crippen LogP contribution in [0.15, 0.2) is 103 Å². The number of hydrogen-bond donors (Lipinski definition) is 0. The Morgan fingerprint density at radius 1 is 0.667 bits per heavy atom. The van der Waals surface area contributed by atoms with E-state index in [1.165, 1.54) is 0 Å². The van der Waals surface area contributed by atoms with Crippen LogP contribution in [0.3, 0.4) is 0 Å². The molecule has 36 heavy (non-hydrogen) atoms. The number of hydrogen-bond acceptors (Lipinski definition) is 4. The number of ether oxygens (including phenoxy) is 2. The number of rotatable bonds is 7. The number of methoxy groups -OCH3 is 2. The third-order valence-corrected chi connectivity index (χ3v) is 6.06. The normalized spacial score (nSPS) is 11.1. The first-order valence-corrected chi connectivity index (χ1v) is 11.8. The summed E-state index contributed by atoms with van der Waals surface area (Å²) >= 11 is 0. The van der Waals surface area contributed by atoms with Crippen LogP contribution < -0.4 is 18.9 Å². The summed E-state index contributed by atoms with van der Waals surface area (Å²) in [6, 6.07) is 30.8. The van der Waals surface area contributed by atoms with E-state index in [1.807, 2.05) is 54.3 Å². The molecule has 5 nitrogen and oxygen atoms in total. The Bertz CT molecular complexity index is 1450. The fourth-order valence-corrected chi connectivity index (χ4v) is 4.08. The van der Waals surface area contributed by atoms with Gasteiger partial charge in [0.2, 0.25) is 0 Å². The second kappa shape index (κ2) is 10.3. The van der Waals surface area contributed by atoms with Crippen molar-refractivity contribution < 1.29 is 14.0 Å². The van der Waals surface area contributed by atoms with E-state index >= 15 is 0 Å². The second-order valence-electron chi connectivity index (χ2n) is 8.47. The van der Waals surface area contributed by atoms with E-state index in [0.717, 1.165) is 50.7 Å². The van der Waals surface area contributed by atoms with Gasteiger partial charge in [0.15, 0.2) is 12.4 Å². The van der Waals surface area contributed by atoms with Crippen molar-refractivity contribution in [3.05, 3.63) is 115 Å². The zero-order valence-electron chi connectivity index (χ0n) is 20.6. The van der Waals surface area contributed by atoms with Crippen LogP contribution in [-0.4, -0.2) is 19.2 Å². The molecule has 0 aliphatic carbocycles. The maximum Gasteiger partial charge on any atom is 0.169 e. The molecular formula is C31H28N3O2+. The maximum absolute atomic E-state index is 5.36. The predicted molar refractivity (Wildman–Crippen MR) is 146 cm³/mol. The van der Waals surface area contributed by atoms with Crippen molar-refractivity contribution in [1.29, 1.82) is 0 Å². The van der Waals surface area contributed by atoms with Gasteiger partial charge in [0.1, 0.15) is 18.5 Å². The molecule has 3 aromatic carbocycles. The molecule has 0 saturated heterocycles. The molecule has 0 fully saturated rings. The molecule has 0 aliphatic heterocycles. The largest absolute Gasteiger partial charge is 0.497 e. The van der Waals surface area contributed by atoms with Crippen LogP contribution in [0.25, 0.3) is 23.1 Å². The second-order valence-corrected chi connectivity index (χ2v) is 8.47. The van der Waals surface area contributed by atoms with Gasteiger partial charge in [-0.05, 0) is 84.4 Å². The first kappa shape index (κ1) is 23.1. The molecule has 0 amide bonds. The lowest BCUT2D eigenvalue weighted by Gasteiger charge is -2.26. The number of aryl methyl sites for hydroxylation is 1. The number of nitrogens with zero attached hydrogens (tertiary/aromatic N) is 3. The summed E-state index contributed by atoms with van der Waals surface area (Å²) in [5.41, 5.74) is 6.11. The van der Waals surface area contributed by atoms with E-state index in [-0.39, 0.29) is 0 Å². The third kappa shape index (κ3) is 5.05. The van der Waals surface area contributed by atoms with Crippen molar-refractivity contribution in [2.45, 2.75) is 0 Å². The SMILES string of the molecule is COc1ccc(N(c2ccc(OC)cc2)c2ccc3nc(C=Cc4cc[n+](C)cc4)ccc3c2)cc1. The standard InChI is InChI=1S/C31H28N3O2/c1-33-20-18-23(19-21-33)4-6-25-7-5-24-22-28(12-17-31(24)32-25)34(26-8-13-29(35-2)14-9-26)27-10-15-30(36-3)16-11-27/h4-22H,1-3H3/q+1. The molecule has 0 bridgehead atoms. The lowest BCUT2D eigenvalue weighted by Crippen LogP contribution is -2.25. The lowest BCUT2D eigenvalue weighted by molar-refractivity contribution is -0.671. The van der Waals surface area contributed by atoms with Gasteiger partial charge in [-0.3, -0.25) is 0 Å². The molecule has 5 heteroatoms. The zero-order valence-corrected chi connectivity index (χ0v) is 20.6. The van der Waals surface area contributed by atoms with Gasteiger partial charge in [0.25, 0.3) is 0 Å². The minimum atomic E-state index is 0.820. The van der Waals surface area contributed by atoms with Crippen LogP contribution >= 0.6 is 0 Å². The molecule has 0 atom stereocenters. The van der Waals surface area contributed by atoms with Gasteiger partial charge in [-0.25, -0.2) is 9.55 Å². The molecule has 2 heterocycles. The number of anilines is 3. The summed E-state index contributed by atoms with van der Waals surface area (Å²) in [6.45, 7) is 0. The van der Waals surface area contributed by atoms with Crippen molar-refractivity contribution in [3.63, 3.8) is 0 Å². The summed E-state index contributed by atoms with van der Waals surface area (Å²) in [4.78, 5) is 7.07. The van der Waals surface area contributed by atoms with Crippen LogP contribution in [0.2, 0.25) is 0 Å². The Morgan fingerprint density at radius 3 is 1.83 bits per heavy atom. The molecule has 2 aromatic heterocycles. The predicted octanol–water partition coefficient (Wildman–Crippen LogP) is 6.72. The van der Waals surface area contributed by atoms with Gasteiger partial charge >= 0.3 is 0 Å². The number of benzene rings is 3. The van der Waals surface area contributed by atoms with Crippen LogP contribution in [0, 0.1) is 0 Å². The van der Waals surface area contributed by atoms with Gasteiger partial charge in [-0.2, -0.15) is 0 Å². The van der Waals surface area contributed by atoms with E-state index in [1.54, 1.807) is 14.2 Å². The van der Waals surface area contributed by atoms with E-state index in [9.17, 15) is 0 Å². The van der Waals surface area contributed by atoms with E-state index < -0.39 is 0 Å². The van der Waals surface area contributed by atoms with E-state index in [4.69, 9.17) is 14.5 Å². The van der Waals surface area contributed by atoms with Crippen molar-refractivity contribution in [3.8, 4) is 11.5 Å².